The SMILES string of the molecule is Nc1nc2cccc(Cl)c2n1-c1c(F)cccc1Cl. The van der Waals surface area contributed by atoms with Crippen LogP contribution in [0, 0.1) is 5.82 Å². The third-order valence-corrected chi connectivity index (χ3v) is 3.42. The van der Waals surface area contributed by atoms with Gasteiger partial charge < -0.3 is 5.73 Å². The highest BCUT2D eigenvalue weighted by molar-refractivity contribution is 6.35. The second-order valence-corrected chi connectivity index (χ2v) is 4.80. The van der Waals surface area contributed by atoms with Gasteiger partial charge in [0.2, 0.25) is 5.95 Å². The average molecular weight is 296 g/mol. The van der Waals surface area contributed by atoms with Crippen molar-refractivity contribution < 1.29 is 4.39 Å². The fourth-order valence-electron chi connectivity index (χ4n) is 2.03. The molecule has 0 bridgehead atoms. The van der Waals surface area contributed by atoms with Crippen LogP contribution in [-0.2, 0) is 0 Å². The molecule has 1 aromatic heterocycles. The summed E-state index contributed by atoms with van der Waals surface area (Å²) < 4.78 is 15.4. The zero-order valence-corrected chi connectivity index (χ0v) is 11.1. The molecule has 0 aliphatic rings. The van der Waals surface area contributed by atoms with Crippen LogP contribution in [0.5, 0.6) is 0 Å². The minimum atomic E-state index is -0.488. The third kappa shape index (κ3) is 1.84. The Morgan fingerprint density at radius 1 is 1.05 bits per heavy atom. The molecule has 0 saturated heterocycles. The molecule has 3 aromatic rings. The lowest BCUT2D eigenvalue weighted by Crippen LogP contribution is -2.04. The van der Waals surface area contributed by atoms with E-state index < -0.39 is 5.82 Å². The third-order valence-electron chi connectivity index (χ3n) is 2.81. The van der Waals surface area contributed by atoms with Gasteiger partial charge in [-0.3, -0.25) is 4.57 Å². The van der Waals surface area contributed by atoms with Gasteiger partial charge in [0.15, 0.2) is 0 Å². The number of anilines is 1. The molecule has 0 aliphatic carbocycles. The van der Waals surface area contributed by atoms with Gasteiger partial charge in [-0.2, -0.15) is 0 Å². The van der Waals surface area contributed by atoms with Gasteiger partial charge in [0.25, 0.3) is 0 Å². The molecule has 0 atom stereocenters. The van der Waals surface area contributed by atoms with Gasteiger partial charge in [-0.25, -0.2) is 9.37 Å². The fraction of sp³-hybridized carbons (Fsp3) is 0. The van der Waals surface area contributed by atoms with Gasteiger partial charge in [0.05, 0.1) is 21.1 Å². The molecule has 2 N–H and O–H groups in total. The van der Waals surface area contributed by atoms with E-state index in [2.05, 4.69) is 4.98 Å². The number of rotatable bonds is 1. The van der Waals surface area contributed by atoms with E-state index >= 15 is 0 Å². The van der Waals surface area contributed by atoms with Gasteiger partial charge >= 0.3 is 0 Å². The van der Waals surface area contributed by atoms with E-state index in [1.54, 1.807) is 24.3 Å². The quantitative estimate of drug-likeness (QED) is 0.736. The van der Waals surface area contributed by atoms with Crippen molar-refractivity contribution in [3.63, 3.8) is 0 Å². The van der Waals surface area contributed by atoms with E-state index in [0.717, 1.165) is 0 Å². The second kappa shape index (κ2) is 4.40. The molecular weight excluding hydrogens is 288 g/mol. The van der Waals surface area contributed by atoms with Crippen molar-refractivity contribution in [2.24, 2.45) is 0 Å². The Kier molecular flexibility index (Phi) is 2.84. The molecule has 3 rings (SSSR count). The van der Waals surface area contributed by atoms with Crippen LogP contribution in [0.2, 0.25) is 10.0 Å². The number of halogens is 3. The van der Waals surface area contributed by atoms with E-state index in [9.17, 15) is 4.39 Å². The first-order valence-electron chi connectivity index (χ1n) is 5.46. The Morgan fingerprint density at radius 3 is 2.47 bits per heavy atom. The number of imidazole rings is 1. The summed E-state index contributed by atoms with van der Waals surface area (Å²) in [6.07, 6.45) is 0. The minimum Gasteiger partial charge on any atom is -0.369 e. The van der Waals surface area contributed by atoms with Gasteiger partial charge in [0.1, 0.15) is 11.5 Å². The van der Waals surface area contributed by atoms with Crippen molar-refractivity contribution in [3.05, 3.63) is 52.3 Å². The molecule has 0 unspecified atom stereocenters. The van der Waals surface area contributed by atoms with Crippen LogP contribution < -0.4 is 5.73 Å². The summed E-state index contributed by atoms with van der Waals surface area (Å²) in [5.74, 6) is -0.353. The van der Waals surface area contributed by atoms with E-state index in [4.69, 9.17) is 28.9 Å². The first-order valence-corrected chi connectivity index (χ1v) is 6.22. The van der Waals surface area contributed by atoms with Crippen LogP contribution in [0.4, 0.5) is 10.3 Å². The van der Waals surface area contributed by atoms with Crippen molar-refractivity contribution in [1.29, 1.82) is 0 Å². The van der Waals surface area contributed by atoms with Crippen LogP contribution in [0.1, 0.15) is 0 Å². The first-order chi connectivity index (χ1) is 9.09. The maximum absolute atomic E-state index is 14.0. The number of hydrogen-bond acceptors (Lipinski definition) is 2. The predicted octanol–water partition coefficient (Wildman–Crippen LogP) is 4.05. The Balaban J connectivity index is 2.46. The Morgan fingerprint density at radius 2 is 1.74 bits per heavy atom. The molecule has 0 radical (unpaired) electrons. The van der Waals surface area contributed by atoms with Crippen LogP contribution in [-0.4, -0.2) is 9.55 Å². The first kappa shape index (κ1) is 12.3. The highest BCUT2D eigenvalue weighted by Crippen LogP contribution is 2.33. The summed E-state index contributed by atoms with van der Waals surface area (Å²) in [5, 5.41) is 0.673. The minimum absolute atomic E-state index is 0.134. The fourth-order valence-corrected chi connectivity index (χ4v) is 2.53. The standard InChI is InChI=1S/C13H8Cl2FN3/c14-7-3-1-5-9(16)11(7)19-12-8(15)4-2-6-10(12)18-13(19)17/h1-6H,(H2,17,18). The van der Waals surface area contributed by atoms with Crippen molar-refractivity contribution in [1.82, 2.24) is 9.55 Å². The summed E-state index contributed by atoms with van der Waals surface area (Å²) in [6.45, 7) is 0. The summed E-state index contributed by atoms with van der Waals surface area (Å²) in [7, 11) is 0. The van der Waals surface area contributed by atoms with E-state index in [1.807, 2.05) is 0 Å². The van der Waals surface area contributed by atoms with Gasteiger partial charge in [-0.1, -0.05) is 35.3 Å². The van der Waals surface area contributed by atoms with Gasteiger partial charge in [0, 0.05) is 0 Å². The molecular formula is C13H8Cl2FN3. The van der Waals surface area contributed by atoms with Crippen LogP contribution in [0.25, 0.3) is 16.7 Å². The topological polar surface area (TPSA) is 43.8 Å². The lowest BCUT2D eigenvalue weighted by atomic mass is 10.2. The van der Waals surface area contributed by atoms with E-state index in [1.165, 1.54) is 16.7 Å². The normalized spacial score (nSPS) is 11.1. The summed E-state index contributed by atoms with van der Waals surface area (Å²) in [5.41, 5.74) is 7.13. The second-order valence-electron chi connectivity index (χ2n) is 3.98. The number of nitrogen functional groups attached to an aromatic ring is 1. The Hall–Kier alpha value is -1.78. The van der Waals surface area contributed by atoms with Crippen molar-refractivity contribution in [2.45, 2.75) is 0 Å². The molecule has 19 heavy (non-hydrogen) atoms. The Labute approximate surface area is 118 Å². The average Bonchev–Trinajstić information content (AvgIpc) is 2.67. The number of aromatic nitrogens is 2. The molecule has 2 aromatic carbocycles. The van der Waals surface area contributed by atoms with E-state index in [-0.39, 0.29) is 16.7 Å². The highest BCUT2D eigenvalue weighted by atomic mass is 35.5. The van der Waals surface area contributed by atoms with Crippen molar-refractivity contribution in [2.75, 3.05) is 5.73 Å². The maximum Gasteiger partial charge on any atom is 0.206 e. The Bertz CT molecular complexity index is 763. The number of fused-ring (bicyclic) bond motifs is 1. The summed E-state index contributed by atoms with van der Waals surface area (Å²) >= 11 is 12.2. The number of benzene rings is 2. The molecule has 6 heteroatoms. The molecule has 0 saturated carbocycles. The highest BCUT2D eigenvalue weighted by Gasteiger charge is 2.18. The lowest BCUT2D eigenvalue weighted by molar-refractivity contribution is 0.620. The summed E-state index contributed by atoms with van der Waals surface area (Å²) in [4.78, 5) is 4.16. The van der Waals surface area contributed by atoms with Gasteiger partial charge in [-0.15, -0.1) is 0 Å². The zero-order chi connectivity index (χ0) is 13.6. The molecule has 0 spiro atoms. The molecule has 96 valence electrons. The maximum atomic E-state index is 14.0. The molecule has 3 nitrogen and oxygen atoms in total. The number of nitrogens with zero attached hydrogens (tertiary/aromatic N) is 2. The largest absolute Gasteiger partial charge is 0.369 e. The predicted molar refractivity (Wildman–Crippen MR) is 75.5 cm³/mol. The number of hydrogen-bond donors (Lipinski definition) is 1. The molecule has 0 aliphatic heterocycles. The monoisotopic (exact) mass is 295 g/mol. The molecule has 1 heterocycles. The number of para-hydroxylation sites is 2. The van der Waals surface area contributed by atoms with Crippen molar-refractivity contribution in [3.8, 4) is 5.69 Å². The van der Waals surface area contributed by atoms with Gasteiger partial charge in [-0.05, 0) is 24.3 Å². The zero-order valence-electron chi connectivity index (χ0n) is 9.57. The summed E-state index contributed by atoms with van der Waals surface area (Å²) in [6, 6.07) is 9.62. The van der Waals surface area contributed by atoms with Crippen LogP contribution >= 0.6 is 23.2 Å². The van der Waals surface area contributed by atoms with Crippen LogP contribution in [0.3, 0.4) is 0 Å². The van der Waals surface area contributed by atoms with Crippen LogP contribution in [0.15, 0.2) is 36.4 Å². The van der Waals surface area contributed by atoms with Crippen molar-refractivity contribution >= 4 is 40.2 Å². The number of nitrogens with two attached hydrogens (primary N) is 1. The lowest BCUT2D eigenvalue weighted by Gasteiger charge is -2.10. The molecule has 0 fully saturated rings. The molecule has 0 amide bonds. The smallest absolute Gasteiger partial charge is 0.206 e. The van der Waals surface area contributed by atoms with E-state index in [0.29, 0.717) is 16.1 Å².